The molecule has 1 aliphatic heterocycles. The third kappa shape index (κ3) is 4.21. The summed E-state index contributed by atoms with van der Waals surface area (Å²) in [5.41, 5.74) is 0.357. The number of carbonyl (C=O) groups is 1. The molecule has 0 saturated carbocycles. The van der Waals surface area contributed by atoms with Gasteiger partial charge in [0.25, 0.3) is 0 Å². The largest absolute Gasteiger partial charge is 0.357 e. The number of hydrogen-bond acceptors (Lipinski definition) is 6. The number of carbonyl (C=O) groups excluding carboxylic acids is 1. The molecule has 0 atom stereocenters. The molecule has 3 rings (SSSR count). The van der Waals surface area contributed by atoms with E-state index in [1.54, 1.807) is 18.3 Å². The highest BCUT2D eigenvalue weighted by atomic mass is 32.2. The summed E-state index contributed by atoms with van der Waals surface area (Å²) in [7, 11) is -3.74. The molecule has 7 nitrogen and oxygen atoms in total. The second kappa shape index (κ2) is 7.28. The van der Waals surface area contributed by atoms with E-state index in [-0.39, 0.29) is 17.2 Å². The highest BCUT2D eigenvalue weighted by molar-refractivity contribution is 7.89. The maximum Gasteiger partial charge on any atom is 0.240 e. The molecular formula is C17H20N4O3S. The summed E-state index contributed by atoms with van der Waals surface area (Å²) in [4.78, 5) is 22.2. The maximum absolute atomic E-state index is 12.4. The van der Waals surface area contributed by atoms with Crippen LogP contribution in [0.4, 0.5) is 5.82 Å². The van der Waals surface area contributed by atoms with Crippen LogP contribution in [0.2, 0.25) is 0 Å². The van der Waals surface area contributed by atoms with Crippen LogP contribution in [0.25, 0.3) is 0 Å². The maximum atomic E-state index is 12.4. The number of hydrogen-bond donors (Lipinski definition) is 1. The Labute approximate surface area is 147 Å². The van der Waals surface area contributed by atoms with Gasteiger partial charge in [-0.2, -0.15) is 0 Å². The van der Waals surface area contributed by atoms with E-state index in [0.29, 0.717) is 11.4 Å². The molecule has 1 N–H and O–H groups in total. The van der Waals surface area contributed by atoms with Crippen LogP contribution in [-0.4, -0.2) is 37.3 Å². The molecule has 0 radical (unpaired) electrons. The molecule has 0 unspecified atom stereocenters. The monoisotopic (exact) mass is 360 g/mol. The quantitative estimate of drug-likeness (QED) is 0.789. The lowest BCUT2D eigenvalue weighted by Crippen LogP contribution is -2.25. The standard InChI is InChI=1S/C17H20N4O3S/c1-13(22)14-5-4-6-15(11-14)25(23,24)19-12-16-18-8-7-17(20-16)21-9-2-3-10-21/h4-8,11,19H,2-3,9-10,12H2,1H3. The summed E-state index contributed by atoms with van der Waals surface area (Å²) >= 11 is 0. The normalized spacial score (nSPS) is 14.7. The Balaban J connectivity index is 1.73. The van der Waals surface area contributed by atoms with Gasteiger partial charge in [-0.05, 0) is 38.0 Å². The first-order chi connectivity index (χ1) is 12.0. The van der Waals surface area contributed by atoms with Gasteiger partial charge in [0.2, 0.25) is 10.0 Å². The van der Waals surface area contributed by atoms with Gasteiger partial charge in [0.15, 0.2) is 5.78 Å². The lowest BCUT2D eigenvalue weighted by atomic mass is 10.2. The van der Waals surface area contributed by atoms with Gasteiger partial charge < -0.3 is 4.90 Å². The number of ketones is 1. The molecule has 0 bridgehead atoms. The number of sulfonamides is 1. The van der Waals surface area contributed by atoms with Gasteiger partial charge in [-0.15, -0.1) is 0 Å². The van der Waals surface area contributed by atoms with Gasteiger partial charge in [-0.25, -0.2) is 23.1 Å². The summed E-state index contributed by atoms with van der Waals surface area (Å²) in [5.74, 6) is 1.05. The van der Waals surface area contributed by atoms with E-state index in [2.05, 4.69) is 19.6 Å². The van der Waals surface area contributed by atoms with E-state index in [9.17, 15) is 13.2 Å². The first-order valence-electron chi connectivity index (χ1n) is 8.13. The van der Waals surface area contributed by atoms with Crippen molar-refractivity contribution in [3.8, 4) is 0 Å². The fourth-order valence-corrected chi connectivity index (χ4v) is 3.75. The Kier molecular flexibility index (Phi) is 5.10. The molecule has 25 heavy (non-hydrogen) atoms. The van der Waals surface area contributed by atoms with Crippen LogP contribution in [0.3, 0.4) is 0 Å². The van der Waals surface area contributed by atoms with Crippen LogP contribution >= 0.6 is 0 Å². The van der Waals surface area contributed by atoms with Gasteiger partial charge in [0.1, 0.15) is 11.6 Å². The minimum atomic E-state index is -3.74. The smallest absolute Gasteiger partial charge is 0.240 e. The van der Waals surface area contributed by atoms with Crippen molar-refractivity contribution in [1.82, 2.24) is 14.7 Å². The Hall–Kier alpha value is -2.32. The number of nitrogens with zero attached hydrogens (tertiary/aromatic N) is 3. The molecule has 2 heterocycles. The second-order valence-electron chi connectivity index (χ2n) is 5.93. The van der Waals surface area contributed by atoms with Crippen molar-refractivity contribution in [2.24, 2.45) is 0 Å². The molecule has 0 amide bonds. The zero-order valence-electron chi connectivity index (χ0n) is 14.0. The van der Waals surface area contributed by atoms with Gasteiger partial charge in [0, 0.05) is 24.8 Å². The van der Waals surface area contributed by atoms with E-state index < -0.39 is 10.0 Å². The van der Waals surface area contributed by atoms with Crippen molar-refractivity contribution in [1.29, 1.82) is 0 Å². The number of benzene rings is 1. The molecule has 1 saturated heterocycles. The summed E-state index contributed by atoms with van der Waals surface area (Å²) in [6.45, 7) is 3.31. The van der Waals surface area contributed by atoms with Crippen LogP contribution in [0.1, 0.15) is 35.9 Å². The molecule has 1 aromatic carbocycles. The molecule has 132 valence electrons. The molecule has 1 fully saturated rings. The fraction of sp³-hybridized carbons (Fsp3) is 0.353. The van der Waals surface area contributed by atoms with E-state index in [4.69, 9.17) is 0 Å². The van der Waals surface area contributed by atoms with Gasteiger partial charge >= 0.3 is 0 Å². The van der Waals surface area contributed by atoms with E-state index in [1.165, 1.54) is 19.1 Å². The SMILES string of the molecule is CC(=O)c1cccc(S(=O)(=O)NCc2nccc(N3CCCC3)n2)c1. The van der Waals surface area contributed by atoms with Crippen LogP contribution in [-0.2, 0) is 16.6 Å². The van der Waals surface area contributed by atoms with Gasteiger partial charge in [-0.1, -0.05) is 12.1 Å². The zero-order chi connectivity index (χ0) is 17.9. The number of rotatable bonds is 6. The highest BCUT2D eigenvalue weighted by Gasteiger charge is 2.17. The minimum absolute atomic E-state index is 0.00564. The number of Topliss-reactive ketones (excluding diaryl/α,β-unsaturated/α-hetero) is 1. The Morgan fingerprint density at radius 1 is 1.24 bits per heavy atom. The van der Waals surface area contributed by atoms with E-state index in [0.717, 1.165) is 31.7 Å². The van der Waals surface area contributed by atoms with Crippen molar-refractivity contribution >= 4 is 21.6 Å². The first kappa shape index (κ1) is 17.5. The lowest BCUT2D eigenvalue weighted by Gasteiger charge is -2.16. The van der Waals surface area contributed by atoms with Crippen molar-refractivity contribution < 1.29 is 13.2 Å². The number of nitrogens with one attached hydrogen (secondary N) is 1. The van der Waals surface area contributed by atoms with E-state index in [1.807, 2.05) is 6.07 Å². The molecule has 0 aliphatic carbocycles. The average molecular weight is 360 g/mol. The van der Waals surface area contributed by atoms with Crippen LogP contribution in [0, 0.1) is 0 Å². The Morgan fingerprint density at radius 2 is 2.00 bits per heavy atom. The fourth-order valence-electron chi connectivity index (χ4n) is 2.72. The predicted molar refractivity (Wildman–Crippen MR) is 94.0 cm³/mol. The second-order valence-corrected chi connectivity index (χ2v) is 7.70. The van der Waals surface area contributed by atoms with Crippen LogP contribution in [0.15, 0.2) is 41.4 Å². The number of anilines is 1. The number of aromatic nitrogens is 2. The summed E-state index contributed by atoms with van der Waals surface area (Å²) in [6, 6.07) is 7.79. The first-order valence-corrected chi connectivity index (χ1v) is 9.61. The van der Waals surface area contributed by atoms with Crippen molar-refractivity contribution in [2.45, 2.75) is 31.2 Å². The zero-order valence-corrected chi connectivity index (χ0v) is 14.8. The van der Waals surface area contributed by atoms with Crippen molar-refractivity contribution in [2.75, 3.05) is 18.0 Å². The molecular weight excluding hydrogens is 340 g/mol. The molecule has 2 aromatic rings. The van der Waals surface area contributed by atoms with Crippen molar-refractivity contribution in [3.63, 3.8) is 0 Å². The minimum Gasteiger partial charge on any atom is -0.357 e. The van der Waals surface area contributed by atoms with Crippen LogP contribution in [0.5, 0.6) is 0 Å². The Morgan fingerprint density at radius 3 is 2.72 bits per heavy atom. The van der Waals surface area contributed by atoms with E-state index >= 15 is 0 Å². The van der Waals surface area contributed by atoms with Gasteiger partial charge in [0.05, 0.1) is 11.4 Å². The third-order valence-electron chi connectivity index (χ3n) is 4.09. The topological polar surface area (TPSA) is 92.3 Å². The molecule has 1 aliphatic rings. The predicted octanol–water partition coefficient (Wildman–Crippen LogP) is 1.76. The average Bonchev–Trinajstić information content (AvgIpc) is 3.15. The molecule has 8 heteroatoms. The highest BCUT2D eigenvalue weighted by Crippen LogP contribution is 2.17. The molecule has 0 spiro atoms. The van der Waals surface area contributed by atoms with Gasteiger partial charge in [-0.3, -0.25) is 4.79 Å². The summed E-state index contributed by atoms with van der Waals surface area (Å²) < 4.78 is 27.4. The summed E-state index contributed by atoms with van der Waals surface area (Å²) in [6.07, 6.45) is 3.91. The Bertz CT molecular complexity index is 877. The molecule has 1 aromatic heterocycles. The lowest BCUT2D eigenvalue weighted by molar-refractivity contribution is 0.101. The summed E-state index contributed by atoms with van der Waals surface area (Å²) in [5, 5.41) is 0. The van der Waals surface area contributed by atoms with Crippen LogP contribution < -0.4 is 9.62 Å². The van der Waals surface area contributed by atoms with Crippen molar-refractivity contribution in [3.05, 3.63) is 47.9 Å². The third-order valence-corrected chi connectivity index (χ3v) is 5.49.